The van der Waals surface area contributed by atoms with E-state index >= 15 is 0 Å². The molecule has 0 spiro atoms. The maximum atomic E-state index is 13.8. The predicted octanol–water partition coefficient (Wildman–Crippen LogP) is -7.26. The molecule has 1 aliphatic carbocycles. The first-order valence-corrected chi connectivity index (χ1v) is 35.6. The third kappa shape index (κ3) is 33.4. The fourth-order valence-electron chi connectivity index (χ4n) is 11.9. The lowest BCUT2D eigenvalue weighted by atomic mass is 9.97. The monoisotopic (exact) mass is 1490 g/mol. The van der Waals surface area contributed by atoms with Gasteiger partial charge in [-0.1, -0.05) is 38.5 Å². The lowest BCUT2D eigenvalue weighted by Crippen LogP contribution is -2.64. The van der Waals surface area contributed by atoms with Crippen molar-refractivity contribution in [1.82, 2.24) is 47.9 Å². The van der Waals surface area contributed by atoms with E-state index < -0.39 is 184 Å². The summed E-state index contributed by atoms with van der Waals surface area (Å²) in [5.41, 5.74) is 0. The maximum absolute atomic E-state index is 13.8. The van der Waals surface area contributed by atoms with E-state index in [2.05, 4.69) is 47.9 Å². The molecular formula is C65H115N9O29. The van der Waals surface area contributed by atoms with Gasteiger partial charge in [0.15, 0.2) is 18.9 Å². The number of amides is 9. The largest absolute Gasteiger partial charge is 0.394 e. The minimum Gasteiger partial charge on any atom is -0.394 e. The van der Waals surface area contributed by atoms with Crippen molar-refractivity contribution in [2.45, 2.75) is 253 Å². The Hall–Kier alpha value is -5.57. The van der Waals surface area contributed by atoms with Crippen LogP contribution in [0.2, 0.25) is 0 Å². The average Bonchev–Trinajstić information content (AvgIpc) is 1.70. The van der Waals surface area contributed by atoms with Gasteiger partial charge in [-0.3, -0.25) is 43.2 Å². The summed E-state index contributed by atoms with van der Waals surface area (Å²) in [6.45, 7) is 2.88. The van der Waals surface area contributed by atoms with Crippen LogP contribution in [0, 0.1) is 0 Å². The molecule has 4 rings (SSSR count). The maximum Gasteiger partial charge on any atom is 0.242 e. The summed E-state index contributed by atoms with van der Waals surface area (Å²) in [7, 11) is 0. The van der Waals surface area contributed by atoms with Gasteiger partial charge in [0.05, 0.1) is 97.5 Å². The normalized spacial score (nSPS) is 28.3. The van der Waals surface area contributed by atoms with Gasteiger partial charge in [-0.25, -0.2) is 0 Å². The quantitative estimate of drug-likeness (QED) is 0.0252. The lowest BCUT2D eigenvalue weighted by Gasteiger charge is -2.42. The van der Waals surface area contributed by atoms with Gasteiger partial charge in [0.2, 0.25) is 53.2 Å². The Morgan fingerprint density at radius 3 is 1.12 bits per heavy atom. The molecule has 0 aromatic heterocycles. The van der Waals surface area contributed by atoms with Crippen LogP contribution in [0.15, 0.2) is 0 Å². The molecule has 38 heteroatoms. The number of aliphatic hydroxyl groups is 10. The average molecular weight is 1490 g/mol. The Bertz CT molecular complexity index is 2520. The van der Waals surface area contributed by atoms with Crippen molar-refractivity contribution in [1.29, 1.82) is 0 Å². The summed E-state index contributed by atoms with van der Waals surface area (Å²) in [4.78, 5) is 116. The molecule has 0 bridgehead atoms. The first kappa shape index (κ1) is 89.8. The topological polar surface area (TPSA) is 556 Å². The second-order valence-corrected chi connectivity index (χ2v) is 25.6. The van der Waals surface area contributed by atoms with Gasteiger partial charge in [-0.05, 0) is 39.0 Å². The number of nitrogens with one attached hydrogen (secondary N) is 9. The first-order chi connectivity index (χ1) is 49.3. The number of ether oxygens (including phenoxy) is 10. The van der Waals surface area contributed by atoms with E-state index in [9.17, 15) is 94.2 Å². The SMILES string of the molecule is CCO[C@@H]1C[C@@H](O)[C@H](NC(=O)CCCCCCCCCCC(=O)NC(CCC(=O)NC(CCC(=O)NCCOCCOC2O[C@H](CO)C(O)C(O)C2NC(C)=O)C(=O)NCCOCCOC2OC(CO)C(O)C(O)C2NC(C)=O)C(=O)NCCOCCOC2OC(CO)C(O)C(O)C2NC(C)=O)C1. The zero-order valence-electron chi connectivity index (χ0n) is 59.4. The van der Waals surface area contributed by atoms with E-state index in [-0.39, 0.29) is 123 Å². The van der Waals surface area contributed by atoms with Gasteiger partial charge in [-0.2, -0.15) is 0 Å². The lowest BCUT2D eigenvalue weighted by molar-refractivity contribution is -0.272. The molecule has 38 nitrogen and oxygen atoms in total. The van der Waals surface area contributed by atoms with Crippen molar-refractivity contribution >= 4 is 53.2 Å². The van der Waals surface area contributed by atoms with Crippen LogP contribution in [0.4, 0.5) is 0 Å². The number of aliphatic hydroxyl groups excluding tert-OH is 10. The Morgan fingerprint density at radius 2 is 0.748 bits per heavy atom. The molecule has 20 atom stereocenters. The number of hydrogen-bond donors (Lipinski definition) is 19. The van der Waals surface area contributed by atoms with E-state index in [0.29, 0.717) is 45.1 Å². The minimum atomic E-state index is -1.54. The number of carbonyl (C=O) groups is 9. The standard InChI is InChI=1S/C65H115N9O29/c1-5-97-40-32-43(44(81)33-40)74-50(84)15-13-11-9-7-6-8-10-12-14-49(83)72-42(62(93)68-22-25-96-28-31-100-65-54(71-39(4)80)60(91)57(88)47(36-77)103-65)17-19-51(85)73-41(61(92)67-21-24-95-27-30-99-64-53(70-38(3)79)59(90)56(87)46(35-76)102-64)16-18-48(82)66-20-23-94-26-29-98-63-52(69-37(2)78)58(89)55(86)45(34-75)101-63/h40-47,52-60,63-65,75-77,81,86-91H,5-36H2,1-4H3,(H,66,82)(H,67,92)(H,68,93)(H,69,78)(H,70,79)(H,71,80)(H,72,83)(H,73,85)(H,74,84)/t40-,41?,42?,43+,44+,45+,46?,47?,52?,53?,54?,55?,56?,57?,58?,59?,60?,63?,64?,65?/m0/s1. The zero-order valence-corrected chi connectivity index (χ0v) is 59.4. The molecule has 0 aromatic carbocycles. The van der Waals surface area contributed by atoms with Gasteiger partial charge < -0.3 is 146 Å². The van der Waals surface area contributed by atoms with Crippen LogP contribution in [-0.4, -0.2) is 332 Å². The smallest absolute Gasteiger partial charge is 0.242 e. The molecule has 3 aliphatic heterocycles. The van der Waals surface area contributed by atoms with Gasteiger partial charge in [0.25, 0.3) is 0 Å². The predicted molar refractivity (Wildman–Crippen MR) is 357 cm³/mol. The van der Waals surface area contributed by atoms with Crippen molar-refractivity contribution in [3.05, 3.63) is 0 Å². The Labute approximate surface area is 599 Å². The second-order valence-electron chi connectivity index (χ2n) is 25.6. The minimum absolute atomic E-state index is 0.0205. The number of unbranched alkanes of at least 4 members (excludes halogenated alkanes) is 7. The highest BCUT2D eigenvalue weighted by molar-refractivity contribution is 5.90. The molecule has 3 heterocycles. The van der Waals surface area contributed by atoms with Crippen molar-refractivity contribution in [3.63, 3.8) is 0 Å². The molecular weight excluding hydrogens is 1370 g/mol. The molecule has 0 radical (unpaired) electrons. The summed E-state index contributed by atoms with van der Waals surface area (Å²) in [6, 6.07) is -6.47. The molecule has 16 unspecified atom stereocenters. The van der Waals surface area contributed by atoms with Crippen LogP contribution < -0.4 is 47.9 Å². The molecule has 9 amide bonds. The van der Waals surface area contributed by atoms with Gasteiger partial charge in [0, 0.05) is 79.1 Å². The summed E-state index contributed by atoms with van der Waals surface area (Å²) in [5, 5.41) is 125. The Balaban J connectivity index is 1.32. The highest BCUT2D eigenvalue weighted by Gasteiger charge is 2.48. The van der Waals surface area contributed by atoms with Gasteiger partial charge >= 0.3 is 0 Å². The van der Waals surface area contributed by atoms with Crippen LogP contribution in [0.3, 0.4) is 0 Å². The zero-order chi connectivity index (χ0) is 75.8. The summed E-state index contributed by atoms with van der Waals surface area (Å²) in [5.74, 6) is -4.89. The van der Waals surface area contributed by atoms with E-state index in [1.54, 1.807) is 0 Å². The number of rotatable bonds is 51. The van der Waals surface area contributed by atoms with Gasteiger partial charge in [-0.15, -0.1) is 0 Å². The highest BCUT2D eigenvalue weighted by atomic mass is 16.7. The van der Waals surface area contributed by atoms with Crippen LogP contribution in [-0.2, 0) is 90.5 Å². The fraction of sp³-hybridized carbons (Fsp3) is 0.862. The molecule has 4 fully saturated rings. The Morgan fingerprint density at radius 1 is 0.398 bits per heavy atom. The van der Waals surface area contributed by atoms with Crippen LogP contribution in [0.25, 0.3) is 0 Å². The summed E-state index contributed by atoms with van der Waals surface area (Å²) in [6.07, 6.45) is -10.7. The molecule has 3 saturated heterocycles. The molecule has 1 saturated carbocycles. The van der Waals surface area contributed by atoms with Crippen molar-refractivity contribution in [2.75, 3.05) is 106 Å². The molecule has 103 heavy (non-hydrogen) atoms. The van der Waals surface area contributed by atoms with E-state index in [1.807, 2.05) is 6.92 Å². The number of carbonyl (C=O) groups excluding carboxylic acids is 9. The molecule has 0 aromatic rings. The van der Waals surface area contributed by atoms with Crippen LogP contribution >= 0.6 is 0 Å². The molecule has 4 aliphatic rings. The van der Waals surface area contributed by atoms with Crippen LogP contribution in [0.1, 0.15) is 130 Å². The fourth-order valence-corrected chi connectivity index (χ4v) is 11.9. The van der Waals surface area contributed by atoms with E-state index in [1.165, 1.54) is 20.8 Å². The Kier molecular flexibility index (Phi) is 43.7. The van der Waals surface area contributed by atoms with E-state index in [4.69, 9.17) is 47.4 Å². The first-order valence-electron chi connectivity index (χ1n) is 35.6. The van der Waals surface area contributed by atoms with Crippen molar-refractivity contribution in [3.8, 4) is 0 Å². The summed E-state index contributed by atoms with van der Waals surface area (Å²) >= 11 is 0. The summed E-state index contributed by atoms with van der Waals surface area (Å²) < 4.78 is 56.0. The number of hydrogen-bond acceptors (Lipinski definition) is 29. The third-order valence-corrected chi connectivity index (χ3v) is 17.4. The molecule has 19 N–H and O–H groups in total. The van der Waals surface area contributed by atoms with Crippen LogP contribution in [0.5, 0.6) is 0 Å². The van der Waals surface area contributed by atoms with Crippen molar-refractivity contribution < 1.29 is 142 Å². The van der Waals surface area contributed by atoms with Crippen molar-refractivity contribution in [2.24, 2.45) is 0 Å². The second kappa shape index (κ2) is 50.1. The van der Waals surface area contributed by atoms with E-state index in [0.717, 1.165) is 32.1 Å². The van der Waals surface area contributed by atoms with Gasteiger partial charge in [0.1, 0.15) is 85.1 Å². The highest BCUT2D eigenvalue weighted by Crippen LogP contribution is 2.26. The molecule has 594 valence electrons. The third-order valence-electron chi connectivity index (χ3n) is 17.4.